The maximum Gasteiger partial charge on any atom is 0.0826 e. The molecule has 2 rings (SSSR count). The minimum absolute atomic E-state index is 0.366. The number of likely N-dealkylation sites (N-methyl/N-ethyl adjacent to an activating group) is 1. The number of ether oxygens (including phenoxy) is 2. The van der Waals surface area contributed by atoms with E-state index in [4.69, 9.17) is 9.47 Å². The van der Waals surface area contributed by atoms with Crippen molar-refractivity contribution < 1.29 is 9.47 Å². The van der Waals surface area contributed by atoms with E-state index in [0.29, 0.717) is 12.2 Å². The predicted octanol–water partition coefficient (Wildman–Crippen LogP) is 0.0840. The van der Waals surface area contributed by atoms with Gasteiger partial charge in [-0.1, -0.05) is 0 Å². The van der Waals surface area contributed by atoms with Crippen LogP contribution in [0.3, 0.4) is 0 Å². The van der Waals surface area contributed by atoms with Crippen molar-refractivity contribution in [2.24, 2.45) is 0 Å². The molecule has 0 radical (unpaired) electrons. The van der Waals surface area contributed by atoms with Gasteiger partial charge in [0.15, 0.2) is 0 Å². The number of hydrogen-bond donors (Lipinski definition) is 1. The topological polar surface area (TPSA) is 33.7 Å². The van der Waals surface area contributed by atoms with Gasteiger partial charge in [0.25, 0.3) is 0 Å². The van der Waals surface area contributed by atoms with Crippen LogP contribution in [0.2, 0.25) is 0 Å². The Hall–Kier alpha value is -0.160. The van der Waals surface area contributed by atoms with Gasteiger partial charge in [-0.2, -0.15) is 0 Å². The van der Waals surface area contributed by atoms with E-state index in [1.165, 1.54) is 12.8 Å². The number of nitrogens with zero attached hydrogens (tertiary/aromatic N) is 1. The van der Waals surface area contributed by atoms with Crippen molar-refractivity contribution in [2.75, 3.05) is 40.4 Å². The minimum Gasteiger partial charge on any atom is -0.381 e. The molecule has 0 bridgehead atoms. The monoisotopic (exact) mass is 214 g/mol. The van der Waals surface area contributed by atoms with Crippen LogP contribution in [0.25, 0.3) is 0 Å². The lowest BCUT2D eigenvalue weighted by Gasteiger charge is -2.45. The maximum atomic E-state index is 5.69. The molecule has 1 heterocycles. The summed E-state index contributed by atoms with van der Waals surface area (Å²) in [6.45, 7) is 3.99. The van der Waals surface area contributed by atoms with E-state index in [9.17, 15) is 0 Å². The Labute approximate surface area is 91.9 Å². The highest BCUT2D eigenvalue weighted by Gasteiger charge is 2.35. The summed E-state index contributed by atoms with van der Waals surface area (Å²) >= 11 is 0. The second-order valence-electron chi connectivity index (χ2n) is 4.53. The highest BCUT2D eigenvalue weighted by molar-refractivity contribution is 4.90. The molecular weight excluding hydrogens is 192 g/mol. The van der Waals surface area contributed by atoms with Gasteiger partial charge in [0.1, 0.15) is 0 Å². The average Bonchev–Trinajstić information content (AvgIpc) is 2.17. The van der Waals surface area contributed by atoms with Crippen LogP contribution in [-0.2, 0) is 9.47 Å². The van der Waals surface area contributed by atoms with Gasteiger partial charge in [-0.05, 0) is 19.9 Å². The first-order chi connectivity index (χ1) is 7.33. The molecule has 1 unspecified atom stereocenters. The number of nitrogens with one attached hydrogen (secondary N) is 1. The first-order valence-corrected chi connectivity index (χ1v) is 5.86. The number of methoxy groups -OCH3 is 1. The van der Waals surface area contributed by atoms with Gasteiger partial charge >= 0.3 is 0 Å². The predicted molar refractivity (Wildman–Crippen MR) is 59.1 cm³/mol. The maximum absolute atomic E-state index is 5.69. The molecule has 1 aliphatic carbocycles. The Morgan fingerprint density at radius 3 is 2.93 bits per heavy atom. The Morgan fingerprint density at radius 2 is 2.27 bits per heavy atom. The van der Waals surface area contributed by atoms with Crippen LogP contribution in [0.5, 0.6) is 0 Å². The standard InChI is InChI=1S/C11H22N2O2/c1-12-7-11-8-13(3-4-15-11)9-5-10(6-9)14-2/h9-12H,3-8H2,1-2H3. The Bertz CT molecular complexity index is 193. The molecule has 0 spiro atoms. The van der Waals surface area contributed by atoms with Crippen LogP contribution in [0.4, 0.5) is 0 Å². The van der Waals surface area contributed by atoms with E-state index in [1.54, 1.807) is 0 Å². The van der Waals surface area contributed by atoms with Crippen LogP contribution in [0, 0.1) is 0 Å². The van der Waals surface area contributed by atoms with Crippen LogP contribution < -0.4 is 5.32 Å². The van der Waals surface area contributed by atoms with Crippen LogP contribution in [0.1, 0.15) is 12.8 Å². The molecule has 1 atom stereocenters. The Balaban J connectivity index is 1.73. The fourth-order valence-electron chi connectivity index (χ4n) is 2.45. The van der Waals surface area contributed by atoms with Crippen LogP contribution in [0.15, 0.2) is 0 Å². The first-order valence-electron chi connectivity index (χ1n) is 5.86. The van der Waals surface area contributed by atoms with E-state index < -0.39 is 0 Å². The largest absolute Gasteiger partial charge is 0.381 e. The fourth-order valence-corrected chi connectivity index (χ4v) is 2.45. The Kier molecular flexibility index (Phi) is 3.97. The SMILES string of the molecule is CNCC1CN(C2CC(OC)C2)CCO1. The van der Waals surface area contributed by atoms with Crippen molar-refractivity contribution in [2.45, 2.75) is 31.1 Å². The summed E-state index contributed by atoms with van der Waals surface area (Å²) < 4.78 is 11.0. The smallest absolute Gasteiger partial charge is 0.0826 e. The summed E-state index contributed by atoms with van der Waals surface area (Å²) in [5, 5.41) is 3.18. The molecule has 4 nitrogen and oxygen atoms in total. The lowest BCUT2D eigenvalue weighted by molar-refractivity contribution is -0.0858. The minimum atomic E-state index is 0.366. The molecule has 1 saturated carbocycles. The van der Waals surface area contributed by atoms with Crippen molar-refractivity contribution >= 4 is 0 Å². The average molecular weight is 214 g/mol. The second-order valence-corrected chi connectivity index (χ2v) is 4.53. The highest BCUT2D eigenvalue weighted by atomic mass is 16.5. The molecule has 1 N–H and O–H groups in total. The zero-order valence-corrected chi connectivity index (χ0v) is 9.74. The molecule has 0 aromatic carbocycles. The molecular formula is C11H22N2O2. The Morgan fingerprint density at radius 1 is 1.47 bits per heavy atom. The van der Waals surface area contributed by atoms with E-state index >= 15 is 0 Å². The molecule has 1 saturated heterocycles. The van der Waals surface area contributed by atoms with Gasteiger partial charge < -0.3 is 14.8 Å². The molecule has 2 aliphatic rings. The third kappa shape index (κ3) is 2.69. The number of morpholine rings is 1. The molecule has 0 aromatic rings. The van der Waals surface area contributed by atoms with Crippen molar-refractivity contribution in [3.8, 4) is 0 Å². The molecule has 0 amide bonds. The summed E-state index contributed by atoms with van der Waals surface area (Å²) in [6.07, 6.45) is 3.26. The van der Waals surface area contributed by atoms with Gasteiger partial charge in [0.2, 0.25) is 0 Å². The van der Waals surface area contributed by atoms with Crippen LogP contribution >= 0.6 is 0 Å². The molecule has 4 heteroatoms. The quantitative estimate of drug-likeness (QED) is 0.719. The number of rotatable bonds is 4. The zero-order chi connectivity index (χ0) is 10.7. The second kappa shape index (κ2) is 5.25. The van der Waals surface area contributed by atoms with E-state index in [-0.39, 0.29) is 0 Å². The summed E-state index contributed by atoms with van der Waals surface area (Å²) in [4.78, 5) is 2.56. The normalized spacial score (nSPS) is 37.6. The summed E-state index contributed by atoms with van der Waals surface area (Å²) in [6, 6.07) is 0.734. The zero-order valence-electron chi connectivity index (χ0n) is 9.74. The molecule has 15 heavy (non-hydrogen) atoms. The van der Waals surface area contributed by atoms with Crippen molar-refractivity contribution in [1.29, 1.82) is 0 Å². The van der Waals surface area contributed by atoms with Crippen molar-refractivity contribution in [3.05, 3.63) is 0 Å². The van der Waals surface area contributed by atoms with Crippen LogP contribution in [-0.4, -0.2) is 63.5 Å². The summed E-state index contributed by atoms with van der Waals surface area (Å²) in [5.41, 5.74) is 0. The van der Waals surface area contributed by atoms with Gasteiger partial charge in [0.05, 0.1) is 18.8 Å². The molecule has 0 aromatic heterocycles. The van der Waals surface area contributed by atoms with E-state index in [2.05, 4.69) is 10.2 Å². The summed E-state index contributed by atoms with van der Waals surface area (Å²) in [7, 11) is 3.79. The van der Waals surface area contributed by atoms with Gasteiger partial charge in [-0.15, -0.1) is 0 Å². The van der Waals surface area contributed by atoms with E-state index in [1.807, 2.05) is 14.2 Å². The van der Waals surface area contributed by atoms with Gasteiger partial charge in [0, 0.05) is 32.8 Å². The molecule has 2 fully saturated rings. The highest BCUT2D eigenvalue weighted by Crippen LogP contribution is 2.28. The molecule has 88 valence electrons. The first kappa shape index (κ1) is 11.3. The van der Waals surface area contributed by atoms with Gasteiger partial charge in [-0.25, -0.2) is 0 Å². The molecule has 1 aliphatic heterocycles. The third-order valence-corrected chi connectivity index (χ3v) is 3.52. The number of hydrogen-bond acceptors (Lipinski definition) is 4. The lowest BCUT2D eigenvalue weighted by Crippen LogP contribution is -2.55. The fraction of sp³-hybridized carbons (Fsp3) is 1.00. The van der Waals surface area contributed by atoms with Crippen molar-refractivity contribution in [3.63, 3.8) is 0 Å². The third-order valence-electron chi connectivity index (χ3n) is 3.52. The van der Waals surface area contributed by atoms with E-state index in [0.717, 1.165) is 32.3 Å². The summed E-state index contributed by atoms with van der Waals surface area (Å²) in [5.74, 6) is 0. The van der Waals surface area contributed by atoms with Crippen molar-refractivity contribution in [1.82, 2.24) is 10.2 Å². The lowest BCUT2D eigenvalue weighted by atomic mass is 9.87. The van der Waals surface area contributed by atoms with Gasteiger partial charge in [-0.3, -0.25) is 4.90 Å².